The molecule has 0 unspecified atom stereocenters. The summed E-state index contributed by atoms with van der Waals surface area (Å²) in [6.45, 7) is 0. The summed E-state index contributed by atoms with van der Waals surface area (Å²) in [5.41, 5.74) is 1.01. The molecule has 0 spiro atoms. The highest BCUT2D eigenvalue weighted by Gasteiger charge is 2.20. The molecule has 3 aromatic rings. The predicted molar refractivity (Wildman–Crippen MR) is 103 cm³/mol. The Labute approximate surface area is 160 Å². The van der Waals surface area contributed by atoms with Gasteiger partial charge in [0.1, 0.15) is 0 Å². The van der Waals surface area contributed by atoms with E-state index < -0.39 is 15.9 Å². The van der Waals surface area contributed by atoms with E-state index in [2.05, 4.69) is 4.99 Å². The number of aryl methyl sites for hydroxylation is 1. The summed E-state index contributed by atoms with van der Waals surface area (Å²) >= 11 is 7.49. The highest BCUT2D eigenvalue weighted by molar-refractivity contribution is 7.89. The predicted octanol–water partition coefficient (Wildman–Crippen LogP) is 2.88. The minimum absolute atomic E-state index is 0.00818. The summed E-state index contributed by atoms with van der Waals surface area (Å²) in [7, 11) is 0.993. The van der Waals surface area contributed by atoms with Crippen LogP contribution in [-0.2, 0) is 17.1 Å². The number of fused-ring (bicyclic) bond motifs is 1. The van der Waals surface area contributed by atoms with Crippen LogP contribution < -0.4 is 4.80 Å². The van der Waals surface area contributed by atoms with Gasteiger partial charge in [-0.2, -0.15) is 4.99 Å². The van der Waals surface area contributed by atoms with Crippen LogP contribution in [-0.4, -0.2) is 37.3 Å². The molecule has 1 aromatic heterocycles. The molecule has 1 amide bonds. The number of nitrogens with zero attached hydrogens (tertiary/aromatic N) is 3. The Balaban J connectivity index is 2.11. The number of rotatable bonds is 3. The van der Waals surface area contributed by atoms with Gasteiger partial charge in [-0.15, -0.1) is 0 Å². The first-order chi connectivity index (χ1) is 12.2. The standard InChI is InChI=1S/C17H16ClN3O3S2/c1-20(2)26(23,24)11-8-9-13(18)12(10-11)16(22)19-17-21(3)14-6-4-5-7-15(14)25-17/h4-10H,1-3H3. The molecular formula is C17H16ClN3O3S2. The van der Waals surface area contributed by atoms with Crippen molar-refractivity contribution in [3.8, 4) is 0 Å². The summed E-state index contributed by atoms with van der Waals surface area (Å²) in [5, 5.41) is 0.153. The molecule has 0 aliphatic carbocycles. The molecule has 26 heavy (non-hydrogen) atoms. The molecule has 2 aromatic carbocycles. The van der Waals surface area contributed by atoms with Crippen molar-refractivity contribution in [2.24, 2.45) is 12.0 Å². The van der Waals surface area contributed by atoms with Crippen molar-refractivity contribution in [3.05, 3.63) is 57.9 Å². The number of hydrogen-bond donors (Lipinski definition) is 0. The van der Waals surface area contributed by atoms with E-state index in [4.69, 9.17) is 11.6 Å². The SMILES string of the molecule is CN(C)S(=O)(=O)c1ccc(Cl)c(C(=O)N=c2sc3ccccc3n2C)c1. The molecule has 6 nitrogen and oxygen atoms in total. The second kappa shape index (κ2) is 6.96. The molecule has 136 valence electrons. The average molecular weight is 410 g/mol. The van der Waals surface area contributed by atoms with Crippen molar-refractivity contribution in [2.75, 3.05) is 14.1 Å². The molecule has 0 N–H and O–H groups in total. The van der Waals surface area contributed by atoms with E-state index >= 15 is 0 Å². The van der Waals surface area contributed by atoms with Crippen molar-refractivity contribution < 1.29 is 13.2 Å². The Morgan fingerprint density at radius 1 is 1.19 bits per heavy atom. The topological polar surface area (TPSA) is 71.7 Å². The van der Waals surface area contributed by atoms with Gasteiger partial charge in [0.2, 0.25) is 10.0 Å². The summed E-state index contributed by atoms with van der Waals surface area (Å²) in [5.74, 6) is -0.590. The zero-order valence-electron chi connectivity index (χ0n) is 14.3. The Bertz CT molecular complexity index is 1180. The van der Waals surface area contributed by atoms with Crippen LogP contribution in [0.3, 0.4) is 0 Å². The Morgan fingerprint density at radius 3 is 2.54 bits per heavy atom. The van der Waals surface area contributed by atoms with Gasteiger partial charge in [-0.1, -0.05) is 35.1 Å². The van der Waals surface area contributed by atoms with Crippen LogP contribution in [0.5, 0.6) is 0 Å². The van der Waals surface area contributed by atoms with Gasteiger partial charge < -0.3 is 4.57 Å². The fourth-order valence-electron chi connectivity index (χ4n) is 2.37. The van der Waals surface area contributed by atoms with E-state index in [-0.39, 0.29) is 15.5 Å². The van der Waals surface area contributed by atoms with Gasteiger partial charge in [-0.05, 0) is 30.3 Å². The van der Waals surface area contributed by atoms with Crippen LogP contribution in [0.2, 0.25) is 5.02 Å². The van der Waals surface area contributed by atoms with Crippen LogP contribution >= 0.6 is 22.9 Å². The fraction of sp³-hybridized carbons (Fsp3) is 0.176. The number of sulfonamides is 1. The van der Waals surface area contributed by atoms with E-state index in [1.165, 1.54) is 43.6 Å². The molecule has 0 fully saturated rings. The molecule has 0 aliphatic heterocycles. The van der Waals surface area contributed by atoms with E-state index in [1.54, 1.807) is 0 Å². The van der Waals surface area contributed by atoms with Crippen molar-refractivity contribution in [1.29, 1.82) is 0 Å². The van der Waals surface area contributed by atoms with Crippen molar-refractivity contribution >= 4 is 49.1 Å². The van der Waals surface area contributed by atoms with E-state index in [1.807, 2.05) is 35.9 Å². The van der Waals surface area contributed by atoms with E-state index in [0.29, 0.717) is 4.80 Å². The van der Waals surface area contributed by atoms with Gasteiger partial charge in [-0.3, -0.25) is 4.79 Å². The first kappa shape index (κ1) is 18.8. The number of halogens is 1. The third-order valence-electron chi connectivity index (χ3n) is 3.86. The Kier molecular flexibility index (Phi) is 5.03. The summed E-state index contributed by atoms with van der Waals surface area (Å²) in [6, 6.07) is 11.7. The quantitative estimate of drug-likeness (QED) is 0.667. The first-order valence-electron chi connectivity index (χ1n) is 7.57. The highest BCUT2D eigenvalue weighted by Crippen LogP contribution is 2.23. The minimum atomic E-state index is -3.67. The Hall–Kier alpha value is -2.00. The van der Waals surface area contributed by atoms with Crippen LogP contribution in [0.4, 0.5) is 0 Å². The first-order valence-corrected chi connectivity index (χ1v) is 10.2. The van der Waals surface area contributed by atoms with Crippen molar-refractivity contribution in [3.63, 3.8) is 0 Å². The lowest BCUT2D eigenvalue weighted by molar-refractivity contribution is 0.0998. The fourth-order valence-corrected chi connectivity index (χ4v) is 4.52. The molecule has 0 bridgehead atoms. The maximum Gasteiger partial charge on any atom is 0.281 e. The van der Waals surface area contributed by atoms with Gasteiger partial charge in [-0.25, -0.2) is 12.7 Å². The van der Waals surface area contributed by atoms with E-state index in [0.717, 1.165) is 14.5 Å². The van der Waals surface area contributed by atoms with Crippen LogP contribution in [0.15, 0.2) is 52.4 Å². The molecule has 0 atom stereocenters. The lowest BCUT2D eigenvalue weighted by Gasteiger charge is -2.12. The molecule has 1 heterocycles. The summed E-state index contributed by atoms with van der Waals surface area (Å²) in [6.07, 6.45) is 0. The normalized spacial score (nSPS) is 12.9. The third-order valence-corrected chi connectivity index (χ3v) is 7.11. The lowest BCUT2D eigenvalue weighted by atomic mass is 10.2. The molecular weight excluding hydrogens is 394 g/mol. The second-order valence-electron chi connectivity index (χ2n) is 5.76. The molecule has 0 aliphatic rings. The number of carbonyl (C=O) groups is 1. The van der Waals surface area contributed by atoms with Gasteiger partial charge in [0.05, 0.1) is 25.7 Å². The van der Waals surface area contributed by atoms with E-state index in [9.17, 15) is 13.2 Å². The van der Waals surface area contributed by atoms with Crippen molar-refractivity contribution in [2.45, 2.75) is 4.90 Å². The average Bonchev–Trinajstić information content (AvgIpc) is 2.91. The smallest absolute Gasteiger partial charge is 0.281 e. The number of thiazole rings is 1. The largest absolute Gasteiger partial charge is 0.319 e. The molecule has 0 saturated carbocycles. The molecule has 0 saturated heterocycles. The number of amides is 1. The van der Waals surface area contributed by atoms with Crippen LogP contribution in [0.25, 0.3) is 10.2 Å². The number of para-hydroxylation sites is 1. The highest BCUT2D eigenvalue weighted by atomic mass is 35.5. The van der Waals surface area contributed by atoms with Crippen molar-refractivity contribution in [1.82, 2.24) is 8.87 Å². The third kappa shape index (κ3) is 3.33. The molecule has 0 radical (unpaired) electrons. The van der Waals surface area contributed by atoms with Crippen LogP contribution in [0.1, 0.15) is 10.4 Å². The zero-order chi connectivity index (χ0) is 19.1. The zero-order valence-corrected chi connectivity index (χ0v) is 16.7. The number of hydrogen-bond acceptors (Lipinski definition) is 4. The molecule has 9 heteroatoms. The lowest BCUT2D eigenvalue weighted by Crippen LogP contribution is -2.22. The van der Waals surface area contributed by atoms with Gasteiger partial charge in [0.15, 0.2) is 4.80 Å². The minimum Gasteiger partial charge on any atom is -0.319 e. The monoisotopic (exact) mass is 409 g/mol. The second-order valence-corrected chi connectivity index (χ2v) is 9.33. The number of carbonyl (C=O) groups excluding carboxylic acids is 1. The Morgan fingerprint density at radius 2 is 1.88 bits per heavy atom. The maximum absolute atomic E-state index is 12.6. The number of aromatic nitrogens is 1. The van der Waals surface area contributed by atoms with Crippen LogP contribution in [0, 0.1) is 0 Å². The number of benzene rings is 2. The molecule has 3 rings (SSSR count). The van der Waals surface area contributed by atoms with Gasteiger partial charge >= 0.3 is 0 Å². The summed E-state index contributed by atoms with van der Waals surface area (Å²) < 4.78 is 28.5. The summed E-state index contributed by atoms with van der Waals surface area (Å²) in [4.78, 5) is 17.3. The maximum atomic E-state index is 12.6. The van der Waals surface area contributed by atoms with Gasteiger partial charge in [0.25, 0.3) is 5.91 Å². The van der Waals surface area contributed by atoms with Gasteiger partial charge in [0, 0.05) is 21.1 Å².